The third kappa shape index (κ3) is 3.73. The van der Waals surface area contributed by atoms with Crippen molar-refractivity contribution in [2.75, 3.05) is 6.54 Å². The Labute approximate surface area is 145 Å². The second-order valence-electron chi connectivity index (χ2n) is 5.11. The van der Waals surface area contributed by atoms with E-state index in [1.54, 1.807) is 0 Å². The lowest BCUT2D eigenvalue weighted by Crippen LogP contribution is -2.23. The van der Waals surface area contributed by atoms with E-state index in [9.17, 15) is 0 Å². The van der Waals surface area contributed by atoms with Gasteiger partial charge in [-0.15, -0.1) is 12.4 Å². The zero-order valence-corrected chi connectivity index (χ0v) is 14.2. The molecule has 0 bridgehead atoms. The highest BCUT2D eigenvalue weighted by Gasteiger charge is 2.27. The van der Waals surface area contributed by atoms with Gasteiger partial charge in [0.15, 0.2) is 5.82 Å². The molecule has 120 valence electrons. The Morgan fingerprint density at radius 3 is 2.82 bits per heavy atom. The summed E-state index contributed by atoms with van der Waals surface area (Å²) < 4.78 is 5.05. The van der Waals surface area contributed by atoms with Gasteiger partial charge in [-0.25, -0.2) is 0 Å². The highest BCUT2D eigenvalue weighted by molar-refractivity contribution is 6.42. The molecule has 2 N–H and O–H groups in total. The van der Waals surface area contributed by atoms with Gasteiger partial charge in [-0.05, 0) is 37.1 Å². The van der Waals surface area contributed by atoms with Crippen LogP contribution >= 0.6 is 35.6 Å². The molecule has 2 aromatic rings. The molecule has 22 heavy (non-hydrogen) atoms. The maximum Gasteiger partial charge on any atom is 0.240 e. The molecule has 3 rings (SSSR count). The van der Waals surface area contributed by atoms with E-state index in [1.807, 2.05) is 18.2 Å². The summed E-state index contributed by atoms with van der Waals surface area (Å²) in [5.41, 5.74) is 6.65. The average molecular weight is 364 g/mol. The van der Waals surface area contributed by atoms with Crippen molar-refractivity contribution in [1.29, 1.82) is 0 Å². The highest BCUT2D eigenvalue weighted by atomic mass is 35.5. The SMILES string of the molecule is Cl.NCc1nc(CN2CCCC2c2ccc(Cl)c(Cl)c2)no1. The van der Waals surface area contributed by atoms with E-state index in [2.05, 4.69) is 15.0 Å². The van der Waals surface area contributed by atoms with Crippen molar-refractivity contribution >= 4 is 35.6 Å². The first-order valence-electron chi connectivity index (χ1n) is 6.88. The van der Waals surface area contributed by atoms with Crippen LogP contribution in [0.5, 0.6) is 0 Å². The second kappa shape index (κ2) is 7.62. The summed E-state index contributed by atoms with van der Waals surface area (Å²) in [6.45, 7) is 1.91. The summed E-state index contributed by atoms with van der Waals surface area (Å²) in [5.74, 6) is 1.14. The summed E-state index contributed by atoms with van der Waals surface area (Å²) >= 11 is 12.1. The summed E-state index contributed by atoms with van der Waals surface area (Å²) in [6.07, 6.45) is 2.21. The van der Waals surface area contributed by atoms with E-state index in [4.69, 9.17) is 33.5 Å². The van der Waals surface area contributed by atoms with Gasteiger partial charge in [-0.3, -0.25) is 4.90 Å². The molecular formula is C14H17Cl3N4O. The van der Waals surface area contributed by atoms with Gasteiger partial charge in [0.1, 0.15) is 0 Å². The number of hydrogen-bond donors (Lipinski definition) is 1. The molecule has 0 saturated carbocycles. The smallest absolute Gasteiger partial charge is 0.240 e. The van der Waals surface area contributed by atoms with Gasteiger partial charge in [-0.2, -0.15) is 4.98 Å². The molecule has 1 atom stereocenters. The molecule has 8 heteroatoms. The van der Waals surface area contributed by atoms with Crippen molar-refractivity contribution < 1.29 is 4.52 Å². The number of hydrogen-bond acceptors (Lipinski definition) is 5. The molecule has 1 fully saturated rings. The number of nitrogens with zero attached hydrogens (tertiary/aromatic N) is 3. The fourth-order valence-electron chi connectivity index (χ4n) is 2.73. The van der Waals surface area contributed by atoms with E-state index in [0.29, 0.717) is 34.3 Å². The molecular weight excluding hydrogens is 347 g/mol. The minimum Gasteiger partial charge on any atom is -0.338 e. The molecule has 1 aromatic carbocycles. The molecule has 1 saturated heterocycles. The summed E-state index contributed by atoms with van der Waals surface area (Å²) in [6, 6.07) is 6.11. The van der Waals surface area contributed by atoms with Gasteiger partial charge >= 0.3 is 0 Å². The third-order valence-electron chi connectivity index (χ3n) is 3.72. The fraction of sp³-hybridized carbons (Fsp3) is 0.429. The zero-order chi connectivity index (χ0) is 14.8. The Hall–Kier alpha value is -0.850. The van der Waals surface area contributed by atoms with E-state index >= 15 is 0 Å². The molecule has 1 unspecified atom stereocenters. The van der Waals surface area contributed by atoms with Crippen LogP contribution in [-0.2, 0) is 13.1 Å². The minimum atomic E-state index is 0. The number of nitrogens with two attached hydrogens (primary N) is 1. The first kappa shape index (κ1) is 17.5. The Bertz CT molecular complexity index is 634. The van der Waals surface area contributed by atoms with Crippen molar-refractivity contribution in [3.63, 3.8) is 0 Å². The molecule has 5 nitrogen and oxygen atoms in total. The van der Waals surface area contributed by atoms with Gasteiger partial charge in [-0.1, -0.05) is 34.4 Å². The number of aromatic nitrogens is 2. The predicted molar refractivity (Wildman–Crippen MR) is 88.3 cm³/mol. The largest absolute Gasteiger partial charge is 0.338 e. The second-order valence-corrected chi connectivity index (χ2v) is 5.92. The number of likely N-dealkylation sites (tertiary alicyclic amines) is 1. The first-order valence-corrected chi connectivity index (χ1v) is 7.63. The normalized spacial score (nSPS) is 18.4. The maximum atomic E-state index is 6.12. The predicted octanol–water partition coefficient (Wildman–Crippen LogP) is 3.59. The Morgan fingerprint density at radius 1 is 1.32 bits per heavy atom. The van der Waals surface area contributed by atoms with Crippen LogP contribution in [-0.4, -0.2) is 21.6 Å². The summed E-state index contributed by atoms with van der Waals surface area (Å²) in [7, 11) is 0. The highest BCUT2D eigenvalue weighted by Crippen LogP contribution is 2.35. The molecule has 2 heterocycles. The van der Waals surface area contributed by atoms with Crippen LogP contribution < -0.4 is 5.73 Å². The quantitative estimate of drug-likeness (QED) is 0.899. The number of halogens is 3. The van der Waals surface area contributed by atoms with Crippen LogP contribution in [0.1, 0.15) is 36.2 Å². The monoisotopic (exact) mass is 362 g/mol. The van der Waals surface area contributed by atoms with E-state index < -0.39 is 0 Å². The minimum absolute atomic E-state index is 0. The van der Waals surface area contributed by atoms with Gasteiger partial charge in [0.2, 0.25) is 5.89 Å². The maximum absolute atomic E-state index is 6.12. The van der Waals surface area contributed by atoms with Crippen molar-refractivity contribution in [2.45, 2.75) is 32.0 Å². The van der Waals surface area contributed by atoms with Crippen molar-refractivity contribution in [1.82, 2.24) is 15.0 Å². The van der Waals surface area contributed by atoms with Crippen molar-refractivity contribution in [3.05, 3.63) is 45.5 Å². The van der Waals surface area contributed by atoms with Crippen LogP contribution in [0.2, 0.25) is 10.0 Å². The molecule has 1 aliphatic rings. The molecule has 0 spiro atoms. The average Bonchev–Trinajstić information content (AvgIpc) is 3.11. The van der Waals surface area contributed by atoms with Crippen LogP contribution in [0.15, 0.2) is 22.7 Å². The van der Waals surface area contributed by atoms with Crippen LogP contribution in [0, 0.1) is 0 Å². The van der Waals surface area contributed by atoms with Crippen LogP contribution in [0.4, 0.5) is 0 Å². The van der Waals surface area contributed by atoms with E-state index in [-0.39, 0.29) is 19.0 Å². The number of benzene rings is 1. The lowest BCUT2D eigenvalue weighted by Gasteiger charge is -2.23. The molecule has 0 aliphatic carbocycles. The van der Waals surface area contributed by atoms with E-state index in [1.165, 1.54) is 5.56 Å². The first-order chi connectivity index (χ1) is 10.2. The van der Waals surface area contributed by atoms with Crippen LogP contribution in [0.3, 0.4) is 0 Å². The summed E-state index contributed by atoms with van der Waals surface area (Å²) in [5, 5.41) is 5.12. The Balaban J connectivity index is 0.00000176. The van der Waals surface area contributed by atoms with Gasteiger partial charge in [0.05, 0.1) is 23.1 Å². The van der Waals surface area contributed by atoms with Gasteiger partial charge in [0.25, 0.3) is 0 Å². The molecule has 0 amide bonds. The topological polar surface area (TPSA) is 68.2 Å². The lowest BCUT2D eigenvalue weighted by molar-refractivity contribution is 0.238. The Morgan fingerprint density at radius 2 is 2.14 bits per heavy atom. The van der Waals surface area contributed by atoms with Crippen LogP contribution in [0.25, 0.3) is 0 Å². The molecule has 0 radical (unpaired) electrons. The lowest BCUT2D eigenvalue weighted by atomic mass is 10.0. The van der Waals surface area contributed by atoms with Crippen molar-refractivity contribution in [2.24, 2.45) is 5.73 Å². The van der Waals surface area contributed by atoms with Gasteiger partial charge in [0, 0.05) is 6.04 Å². The van der Waals surface area contributed by atoms with Gasteiger partial charge < -0.3 is 10.3 Å². The number of rotatable bonds is 4. The standard InChI is InChI=1S/C14H16Cl2N4O.ClH/c15-10-4-3-9(6-11(10)16)12-2-1-5-20(12)8-13-18-14(7-17)21-19-13;/h3-4,6,12H,1-2,5,7-8,17H2;1H. The fourth-order valence-corrected chi connectivity index (χ4v) is 3.04. The zero-order valence-electron chi connectivity index (χ0n) is 11.8. The molecule has 1 aromatic heterocycles. The molecule has 1 aliphatic heterocycles. The third-order valence-corrected chi connectivity index (χ3v) is 4.46. The van der Waals surface area contributed by atoms with Crippen molar-refractivity contribution in [3.8, 4) is 0 Å². The Kier molecular flexibility index (Phi) is 6.06. The van der Waals surface area contributed by atoms with E-state index in [0.717, 1.165) is 19.4 Å². The summed E-state index contributed by atoms with van der Waals surface area (Å²) in [4.78, 5) is 6.58.